The molecule has 1 fully saturated rings. The van der Waals surface area contributed by atoms with E-state index in [9.17, 15) is 5.26 Å². The number of nitriles is 1. The molecule has 6 nitrogen and oxygen atoms in total. The van der Waals surface area contributed by atoms with E-state index >= 15 is 0 Å². The van der Waals surface area contributed by atoms with Crippen LogP contribution < -0.4 is 0 Å². The minimum atomic E-state index is 0.153. The number of hydrogen-bond donors (Lipinski definition) is 1. The Morgan fingerprint density at radius 1 is 1.32 bits per heavy atom. The summed E-state index contributed by atoms with van der Waals surface area (Å²) in [6.45, 7) is 0. The summed E-state index contributed by atoms with van der Waals surface area (Å²) in [5.41, 5.74) is 2.71. The van der Waals surface area contributed by atoms with E-state index in [1.807, 2.05) is 33.9 Å². The van der Waals surface area contributed by atoms with Crippen LogP contribution in [0.3, 0.4) is 0 Å². The van der Waals surface area contributed by atoms with Gasteiger partial charge in [0.15, 0.2) is 0 Å². The average molecular weight is 352 g/mol. The number of fused-ring (bicyclic) bond motifs is 1. The molecule has 1 saturated carbocycles. The Morgan fingerprint density at radius 2 is 2.16 bits per heavy atom. The molecule has 0 spiro atoms. The van der Waals surface area contributed by atoms with Crippen molar-refractivity contribution in [1.82, 2.24) is 24.3 Å². The normalized spacial score (nSPS) is 16.3. The SMILES string of the molecule is N#CC[C@H](C1CCCC1)n1cc(-c2ncnc3c2ccn3CS)cn1. The molecule has 0 aromatic carbocycles. The van der Waals surface area contributed by atoms with Gasteiger partial charge >= 0.3 is 0 Å². The van der Waals surface area contributed by atoms with Crippen LogP contribution >= 0.6 is 12.6 Å². The second-order valence-electron chi connectivity index (χ2n) is 6.57. The summed E-state index contributed by atoms with van der Waals surface area (Å²) in [5.74, 6) is 1.12. The summed E-state index contributed by atoms with van der Waals surface area (Å²) in [7, 11) is 0. The van der Waals surface area contributed by atoms with Crippen molar-refractivity contribution in [1.29, 1.82) is 5.26 Å². The molecular formula is C18H20N6S. The third kappa shape index (κ3) is 2.91. The van der Waals surface area contributed by atoms with Gasteiger partial charge in [0, 0.05) is 23.3 Å². The monoisotopic (exact) mass is 352 g/mol. The number of aromatic nitrogens is 5. The lowest BCUT2D eigenvalue weighted by atomic mass is 9.96. The number of nitrogens with zero attached hydrogens (tertiary/aromatic N) is 6. The highest BCUT2D eigenvalue weighted by Gasteiger charge is 2.27. The highest BCUT2D eigenvalue weighted by Crippen LogP contribution is 2.36. The molecule has 3 heterocycles. The molecule has 0 bridgehead atoms. The quantitative estimate of drug-likeness (QED) is 0.708. The number of hydrogen-bond acceptors (Lipinski definition) is 5. The van der Waals surface area contributed by atoms with Crippen molar-refractivity contribution >= 4 is 23.7 Å². The van der Waals surface area contributed by atoms with Crippen LogP contribution in [0.25, 0.3) is 22.3 Å². The van der Waals surface area contributed by atoms with E-state index in [0.717, 1.165) is 22.3 Å². The average Bonchev–Trinajstić information content (AvgIpc) is 3.39. The van der Waals surface area contributed by atoms with Gasteiger partial charge in [-0.25, -0.2) is 9.97 Å². The molecule has 7 heteroatoms. The van der Waals surface area contributed by atoms with E-state index in [-0.39, 0.29) is 6.04 Å². The van der Waals surface area contributed by atoms with Crippen LogP contribution in [-0.2, 0) is 5.88 Å². The fourth-order valence-electron chi connectivity index (χ4n) is 3.90. The third-order valence-corrected chi connectivity index (χ3v) is 5.47. The van der Waals surface area contributed by atoms with E-state index in [2.05, 4.69) is 33.8 Å². The Bertz CT molecular complexity index is 915. The van der Waals surface area contributed by atoms with E-state index in [4.69, 9.17) is 0 Å². The van der Waals surface area contributed by atoms with E-state index in [1.54, 1.807) is 6.33 Å². The van der Waals surface area contributed by atoms with Crippen LogP contribution in [0.4, 0.5) is 0 Å². The fraction of sp³-hybridized carbons (Fsp3) is 0.444. The Labute approximate surface area is 151 Å². The smallest absolute Gasteiger partial charge is 0.144 e. The standard InChI is InChI=1S/C18H20N6S/c19-7-5-16(13-3-1-2-4-13)24-10-14(9-22-24)17-15-6-8-23(12-25)18(15)21-11-20-17/h6,8-11,13,16,25H,1-5,12H2/t16-/m1/s1. The van der Waals surface area contributed by atoms with Crippen LogP contribution in [-0.4, -0.2) is 24.3 Å². The molecular weight excluding hydrogens is 332 g/mol. The minimum Gasteiger partial charge on any atom is -0.323 e. The van der Waals surface area contributed by atoms with E-state index in [0.29, 0.717) is 18.2 Å². The van der Waals surface area contributed by atoms with Gasteiger partial charge in [-0.15, -0.1) is 0 Å². The highest BCUT2D eigenvalue weighted by molar-refractivity contribution is 7.79. The zero-order valence-corrected chi connectivity index (χ0v) is 14.8. The van der Waals surface area contributed by atoms with Crippen LogP contribution in [0.1, 0.15) is 38.1 Å². The molecule has 0 aliphatic heterocycles. The first-order valence-corrected chi connectivity index (χ1v) is 9.27. The van der Waals surface area contributed by atoms with Crippen LogP contribution in [0.5, 0.6) is 0 Å². The summed E-state index contributed by atoms with van der Waals surface area (Å²) in [5, 5.41) is 14.8. The first-order valence-electron chi connectivity index (χ1n) is 8.64. The number of rotatable bonds is 5. The van der Waals surface area contributed by atoms with Crippen LogP contribution in [0.15, 0.2) is 31.0 Å². The Kier molecular flexibility index (Phi) is 4.45. The molecule has 1 aliphatic carbocycles. The van der Waals surface area contributed by atoms with Gasteiger partial charge in [0.25, 0.3) is 0 Å². The Balaban J connectivity index is 1.71. The summed E-state index contributed by atoms with van der Waals surface area (Å²) < 4.78 is 3.95. The van der Waals surface area contributed by atoms with Crippen molar-refractivity contribution in [3.05, 3.63) is 31.0 Å². The Hall–Kier alpha value is -2.33. The molecule has 4 rings (SSSR count). The van der Waals surface area contributed by atoms with Crippen LogP contribution in [0, 0.1) is 17.2 Å². The first kappa shape index (κ1) is 16.2. The topological polar surface area (TPSA) is 72.3 Å². The molecule has 0 unspecified atom stereocenters. The van der Waals surface area contributed by atoms with Gasteiger partial charge in [-0.05, 0) is 24.8 Å². The van der Waals surface area contributed by atoms with Gasteiger partial charge < -0.3 is 4.57 Å². The van der Waals surface area contributed by atoms with Crippen molar-refractivity contribution in [2.24, 2.45) is 5.92 Å². The number of thiol groups is 1. The lowest BCUT2D eigenvalue weighted by Gasteiger charge is -2.21. The maximum absolute atomic E-state index is 9.23. The van der Waals surface area contributed by atoms with Crippen LogP contribution in [0.2, 0.25) is 0 Å². The predicted molar refractivity (Wildman–Crippen MR) is 99.0 cm³/mol. The van der Waals surface area contributed by atoms with Gasteiger partial charge in [0.05, 0.1) is 36.3 Å². The second kappa shape index (κ2) is 6.89. The molecule has 0 N–H and O–H groups in total. The first-order chi connectivity index (χ1) is 12.3. The lowest BCUT2D eigenvalue weighted by Crippen LogP contribution is -2.17. The van der Waals surface area contributed by atoms with Crippen molar-refractivity contribution in [3.63, 3.8) is 0 Å². The van der Waals surface area contributed by atoms with E-state index in [1.165, 1.54) is 25.7 Å². The molecule has 0 radical (unpaired) electrons. The summed E-state index contributed by atoms with van der Waals surface area (Å²) in [6, 6.07) is 4.50. The van der Waals surface area contributed by atoms with Crippen molar-refractivity contribution in [2.75, 3.05) is 0 Å². The second-order valence-corrected chi connectivity index (χ2v) is 6.85. The van der Waals surface area contributed by atoms with Crippen molar-refractivity contribution < 1.29 is 0 Å². The minimum absolute atomic E-state index is 0.153. The molecule has 1 aliphatic rings. The molecule has 128 valence electrons. The lowest BCUT2D eigenvalue weighted by molar-refractivity contribution is 0.315. The van der Waals surface area contributed by atoms with Gasteiger partial charge in [0.2, 0.25) is 0 Å². The molecule has 0 saturated heterocycles. The third-order valence-electron chi connectivity index (χ3n) is 5.17. The predicted octanol–water partition coefficient (Wildman–Crippen LogP) is 3.83. The fourth-order valence-corrected chi connectivity index (χ4v) is 4.13. The largest absolute Gasteiger partial charge is 0.323 e. The molecule has 3 aromatic heterocycles. The molecule has 25 heavy (non-hydrogen) atoms. The zero-order valence-electron chi connectivity index (χ0n) is 13.9. The summed E-state index contributed by atoms with van der Waals surface area (Å²) in [6.07, 6.45) is 12.8. The van der Waals surface area contributed by atoms with Crippen molar-refractivity contribution in [2.45, 2.75) is 44.0 Å². The zero-order chi connectivity index (χ0) is 17.2. The van der Waals surface area contributed by atoms with Gasteiger partial charge in [-0.1, -0.05) is 12.8 Å². The van der Waals surface area contributed by atoms with Crippen molar-refractivity contribution in [3.8, 4) is 17.3 Å². The van der Waals surface area contributed by atoms with Gasteiger partial charge in [-0.2, -0.15) is 23.0 Å². The molecule has 0 amide bonds. The molecule has 1 atom stereocenters. The Morgan fingerprint density at radius 3 is 2.92 bits per heavy atom. The maximum Gasteiger partial charge on any atom is 0.144 e. The summed E-state index contributed by atoms with van der Waals surface area (Å²) in [4.78, 5) is 8.84. The van der Waals surface area contributed by atoms with Gasteiger partial charge in [-0.3, -0.25) is 4.68 Å². The van der Waals surface area contributed by atoms with Gasteiger partial charge in [0.1, 0.15) is 12.0 Å². The molecule has 3 aromatic rings. The van der Waals surface area contributed by atoms with E-state index < -0.39 is 0 Å². The highest BCUT2D eigenvalue weighted by atomic mass is 32.1. The summed E-state index contributed by atoms with van der Waals surface area (Å²) >= 11 is 4.33. The maximum atomic E-state index is 9.23.